The van der Waals surface area contributed by atoms with Crippen LogP contribution in [-0.2, 0) is 19.1 Å². The summed E-state index contributed by atoms with van der Waals surface area (Å²) in [6.07, 6.45) is 4.44. The van der Waals surface area contributed by atoms with Crippen LogP contribution in [0.3, 0.4) is 0 Å². The molecule has 0 aromatic heterocycles. The Labute approximate surface area is 178 Å². The van der Waals surface area contributed by atoms with Gasteiger partial charge in [-0.1, -0.05) is 41.5 Å². The maximum atomic E-state index is 11.8. The van der Waals surface area contributed by atoms with E-state index in [2.05, 4.69) is 41.5 Å². The molecular weight excluding hydrogens is 368 g/mol. The SMILES string of the molecule is CC(C)(C)CCC(=O)N1CCOCC1.CC(C)(C)CCCC(=O)N1CCOCC1. The smallest absolute Gasteiger partial charge is 0.222 e. The average molecular weight is 413 g/mol. The van der Waals surface area contributed by atoms with Crippen molar-refractivity contribution in [1.29, 1.82) is 0 Å². The molecule has 2 aliphatic heterocycles. The molecular formula is C23H44N2O4. The van der Waals surface area contributed by atoms with Gasteiger partial charge in [0.2, 0.25) is 11.8 Å². The molecule has 0 aliphatic carbocycles. The quantitative estimate of drug-likeness (QED) is 0.690. The summed E-state index contributed by atoms with van der Waals surface area (Å²) in [5.41, 5.74) is 0.591. The molecule has 0 radical (unpaired) electrons. The van der Waals surface area contributed by atoms with Crippen LogP contribution in [0.5, 0.6) is 0 Å². The van der Waals surface area contributed by atoms with E-state index in [1.165, 1.54) is 0 Å². The van der Waals surface area contributed by atoms with Crippen LogP contribution in [0, 0.1) is 10.8 Å². The number of nitrogens with zero attached hydrogens (tertiary/aromatic N) is 2. The lowest BCUT2D eigenvalue weighted by Crippen LogP contribution is -2.40. The summed E-state index contributed by atoms with van der Waals surface area (Å²) in [5.74, 6) is 0.575. The van der Waals surface area contributed by atoms with Crippen molar-refractivity contribution in [3.63, 3.8) is 0 Å². The second-order valence-corrected chi connectivity index (χ2v) is 10.5. The molecule has 0 bridgehead atoms. The van der Waals surface area contributed by atoms with Gasteiger partial charge in [0, 0.05) is 39.0 Å². The molecule has 0 aromatic carbocycles. The molecule has 0 atom stereocenters. The van der Waals surface area contributed by atoms with Crippen molar-refractivity contribution in [3.8, 4) is 0 Å². The highest BCUT2D eigenvalue weighted by molar-refractivity contribution is 5.76. The number of ether oxygens (including phenoxy) is 2. The van der Waals surface area contributed by atoms with E-state index >= 15 is 0 Å². The molecule has 2 aliphatic rings. The predicted octanol–water partition coefficient (Wildman–Crippen LogP) is 3.73. The Morgan fingerprint density at radius 3 is 1.41 bits per heavy atom. The highest BCUT2D eigenvalue weighted by atomic mass is 16.5. The highest BCUT2D eigenvalue weighted by Crippen LogP contribution is 2.22. The largest absolute Gasteiger partial charge is 0.378 e. The summed E-state index contributed by atoms with van der Waals surface area (Å²) >= 11 is 0. The summed E-state index contributed by atoms with van der Waals surface area (Å²) in [5, 5.41) is 0. The third kappa shape index (κ3) is 12.9. The van der Waals surface area contributed by atoms with Crippen molar-refractivity contribution in [3.05, 3.63) is 0 Å². The molecule has 2 heterocycles. The molecule has 0 aromatic rings. The van der Waals surface area contributed by atoms with Crippen molar-refractivity contribution >= 4 is 11.8 Å². The van der Waals surface area contributed by atoms with Gasteiger partial charge < -0.3 is 19.3 Å². The van der Waals surface area contributed by atoms with E-state index in [1.807, 2.05) is 9.80 Å². The summed E-state index contributed by atoms with van der Waals surface area (Å²) in [4.78, 5) is 27.3. The molecule has 2 amide bonds. The van der Waals surface area contributed by atoms with Gasteiger partial charge in [-0.3, -0.25) is 9.59 Å². The first-order chi connectivity index (χ1) is 13.5. The Bertz CT molecular complexity index is 482. The lowest BCUT2D eigenvalue weighted by atomic mass is 9.90. The standard InChI is InChI=1S/C12H23NO2.C11H21NO2/c1-12(2,3)6-4-5-11(14)13-7-9-15-10-8-13;1-11(2,3)5-4-10(13)12-6-8-14-9-7-12/h4-10H2,1-3H3;4-9H2,1-3H3. The van der Waals surface area contributed by atoms with Crippen LogP contribution in [0.25, 0.3) is 0 Å². The maximum absolute atomic E-state index is 11.8. The molecule has 0 spiro atoms. The first kappa shape index (κ1) is 25.9. The second kappa shape index (κ2) is 12.5. The zero-order valence-electron chi connectivity index (χ0n) is 19.7. The lowest BCUT2D eigenvalue weighted by Gasteiger charge is -2.28. The van der Waals surface area contributed by atoms with Gasteiger partial charge in [-0.2, -0.15) is 0 Å². The van der Waals surface area contributed by atoms with Gasteiger partial charge in [-0.05, 0) is 30.1 Å². The van der Waals surface area contributed by atoms with Crippen LogP contribution >= 0.6 is 0 Å². The number of carbonyl (C=O) groups excluding carboxylic acids is 2. The fraction of sp³-hybridized carbons (Fsp3) is 0.913. The van der Waals surface area contributed by atoms with Gasteiger partial charge >= 0.3 is 0 Å². The molecule has 6 nitrogen and oxygen atoms in total. The van der Waals surface area contributed by atoms with Crippen molar-refractivity contribution in [2.75, 3.05) is 52.6 Å². The number of amides is 2. The number of morpholine rings is 2. The molecule has 0 saturated carbocycles. The minimum absolute atomic E-state index is 0.252. The second-order valence-electron chi connectivity index (χ2n) is 10.5. The number of hydrogen-bond acceptors (Lipinski definition) is 4. The summed E-state index contributed by atoms with van der Waals surface area (Å²) < 4.78 is 10.4. The van der Waals surface area contributed by atoms with E-state index in [9.17, 15) is 9.59 Å². The Balaban J connectivity index is 0.000000291. The minimum Gasteiger partial charge on any atom is -0.378 e. The zero-order chi connectivity index (χ0) is 21.9. The van der Waals surface area contributed by atoms with Crippen LogP contribution in [-0.4, -0.2) is 74.2 Å². The van der Waals surface area contributed by atoms with Crippen LogP contribution in [0.4, 0.5) is 0 Å². The number of rotatable bonds is 5. The number of carbonyl (C=O) groups is 2. The van der Waals surface area contributed by atoms with Crippen LogP contribution in [0.2, 0.25) is 0 Å². The monoisotopic (exact) mass is 412 g/mol. The first-order valence-corrected chi connectivity index (χ1v) is 11.2. The molecule has 0 N–H and O–H groups in total. The van der Waals surface area contributed by atoms with Crippen molar-refractivity contribution in [2.24, 2.45) is 10.8 Å². The molecule has 2 rings (SSSR count). The summed E-state index contributed by atoms with van der Waals surface area (Å²) in [6, 6.07) is 0. The summed E-state index contributed by atoms with van der Waals surface area (Å²) in [6.45, 7) is 19.0. The molecule has 170 valence electrons. The van der Waals surface area contributed by atoms with Gasteiger partial charge in [0.15, 0.2) is 0 Å². The minimum atomic E-state index is 0.252. The molecule has 6 heteroatoms. The Kier molecular flexibility index (Phi) is 11.2. The van der Waals surface area contributed by atoms with Gasteiger partial charge in [0.1, 0.15) is 0 Å². The van der Waals surface area contributed by atoms with Crippen molar-refractivity contribution in [2.45, 2.75) is 73.6 Å². The molecule has 2 fully saturated rings. The topological polar surface area (TPSA) is 59.1 Å². The van der Waals surface area contributed by atoms with Crippen LogP contribution in [0.15, 0.2) is 0 Å². The Morgan fingerprint density at radius 2 is 1.03 bits per heavy atom. The van der Waals surface area contributed by atoms with E-state index in [1.54, 1.807) is 0 Å². The lowest BCUT2D eigenvalue weighted by molar-refractivity contribution is -0.136. The molecule has 0 unspecified atom stereocenters. The maximum Gasteiger partial charge on any atom is 0.222 e. The van der Waals surface area contributed by atoms with Crippen molar-refractivity contribution < 1.29 is 19.1 Å². The average Bonchev–Trinajstić information content (AvgIpc) is 2.66. The predicted molar refractivity (Wildman–Crippen MR) is 117 cm³/mol. The Hall–Kier alpha value is -1.14. The van der Waals surface area contributed by atoms with E-state index in [0.717, 1.165) is 45.4 Å². The van der Waals surface area contributed by atoms with E-state index in [4.69, 9.17) is 9.47 Å². The van der Waals surface area contributed by atoms with Crippen LogP contribution in [0.1, 0.15) is 73.6 Å². The van der Waals surface area contributed by atoms with E-state index in [-0.39, 0.29) is 11.3 Å². The summed E-state index contributed by atoms with van der Waals surface area (Å²) in [7, 11) is 0. The van der Waals surface area contributed by atoms with Gasteiger partial charge in [-0.15, -0.1) is 0 Å². The Morgan fingerprint density at radius 1 is 0.655 bits per heavy atom. The fourth-order valence-electron chi connectivity index (χ4n) is 3.19. The molecule has 29 heavy (non-hydrogen) atoms. The molecule has 2 saturated heterocycles. The fourth-order valence-corrected chi connectivity index (χ4v) is 3.19. The van der Waals surface area contributed by atoms with E-state index < -0.39 is 0 Å². The van der Waals surface area contributed by atoms with Crippen molar-refractivity contribution in [1.82, 2.24) is 9.80 Å². The number of hydrogen-bond donors (Lipinski definition) is 0. The highest BCUT2D eigenvalue weighted by Gasteiger charge is 2.19. The van der Waals surface area contributed by atoms with Crippen LogP contribution < -0.4 is 0 Å². The zero-order valence-corrected chi connectivity index (χ0v) is 19.7. The normalized spacial score (nSPS) is 18.1. The first-order valence-electron chi connectivity index (χ1n) is 11.2. The van der Waals surface area contributed by atoms with Gasteiger partial charge in [-0.25, -0.2) is 0 Å². The van der Waals surface area contributed by atoms with Gasteiger partial charge in [0.25, 0.3) is 0 Å². The third-order valence-corrected chi connectivity index (χ3v) is 5.13. The van der Waals surface area contributed by atoms with Gasteiger partial charge in [0.05, 0.1) is 26.4 Å². The third-order valence-electron chi connectivity index (χ3n) is 5.13. The van der Waals surface area contributed by atoms with E-state index in [0.29, 0.717) is 50.6 Å².